The molecule has 2 heterocycles. The van der Waals surface area contributed by atoms with Gasteiger partial charge in [-0.1, -0.05) is 0 Å². The minimum absolute atomic E-state index is 0.00597. The number of nitrogens with one attached hydrogen (secondary N) is 2. The Kier molecular flexibility index (Phi) is 2.29. The van der Waals surface area contributed by atoms with Crippen LogP contribution in [-0.2, 0) is 6.42 Å². The molecule has 0 aromatic carbocycles. The molecule has 0 atom stereocenters. The first kappa shape index (κ1) is 9.27. The van der Waals surface area contributed by atoms with Gasteiger partial charge in [0.15, 0.2) is 0 Å². The van der Waals surface area contributed by atoms with Gasteiger partial charge in [-0.3, -0.25) is 9.89 Å². The Labute approximate surface area is 85.8 Å². The lowest BCUT2D eigenvalue weighted by Gasteiger charge is -1.93. The number of H-pyrrole nitrogens is 2. The molecule has 2 aromatic heterocycles. The number of thiophene rings is 1. The van der Waals surface area contributed by atoms with Gasteiger partial charge in [-0.15, -0.1) is 11.3 Å². The fraction of sp³-hybridized carbons (Fsp3) is 0.300. The Bertz CT molecular complexity index is 492. The highest BCUT2D eigenvalue weighted by Crippen LogP contribution is 2.17. The summed E-state index contributed by atoms with van der Waals surface area (Å²) in [5.74, 6) is 0. The summed E-state index contributed by atoms with van der Waals surface area (Å²) < 4.78 is 0. The molecule has 0 spiro atoms. The lowest BCUT2D eigenvalue weighted by molar-refractivity contribution is 1.02. The first-order valence-electron chi connectivity index (χ1n) is 4.47. The molecule has 0 amide bonds. The molecule has 2 aromatic rings. The van der Waals surface area contributed by atoms with Crippen LogP contribution < -0.4 is 5.56 Å². The molecule has 0 aliphatic heterocycles. The quantitative estimate of drug-likeness (QED) is 0.779. The number of aromatic nitrogens is 2. The van der Waals surface area contributed by atoms with E-state index in [2.05, 4.69) is 28.6 Å². The molecule has 74 valence electrons. The van der Waals surface area contributed by atoms with Gasteiger partial charge in [-0.25, -0.2) is 0 Å². The second-order valence-electron chi connectivity index (χ2n) is 3.45. The standard InChI is InChI=1S/C10H12N2OS/c1-6-3-8(14-5-6)4-9-7(2)11-12-10(9)13/h3,5H,4H2,1-2H3,(H2,11,12,13). The number of aryl methyl sites for hydroxylation is 2. The third-order valence-corrected chi connectivity index (χ3v) is 3.28. The van der Waals surface area contributed by atoms with Crippen molar-refractivity contribution in [2.24, 2.45) is 0 Å². The summed E-state index contributed by atoms with van der Waals surface area (Å²) in [6, 6.07) is 2.12. The van der Waals surface area contributed by atoms with Gasteiger partial charge in [-0.2, -0.15) is 0 Å². The topological polar surface area (TPSA) is 48.6 Å². The zero-order valence-corrected chi connectivity index (χ0v) is 8.99. The summed E-state index contributed by atoms with van der Waals surface area (Å²) in [5.41, 5.74) is 3.02. The summed E-state index contributed by atoms with van der Waals surface area (Å²) >= 11 is 1.70. The number of rotatable bonds is 2. The van der Waals surface area contributed by atoms with Gasteiger partial charge in [0.1, 0.15) is 0 Å². The van der Waals surface area contributed by atoms with Crippen molar-refractivity contribution in [1.82, 2.24) is 10.2 Å². The number of hydrogen-bond acceptors (Lipinski definition) is 2. The second-order valence-corrected chi connectivity index (χ2v) is 4.45. The van der Waals surface area contributed by atoms with Crippen LogP contribution in [-0.4, -0.2) is 10.2 Å². The van der Waals surface area contributed by atoms with Crippen LogP contribution in [0.5, 0.6) is 0 Å². The van der Waals surface area contributed by atoms with Crippen LogP contribution in [0.3, 0.4) is 0 Å². The zero-order chi connectivity index (χ0) is 10.1. The molecule has 0 fully saturated rings. The van der Waals surface area contributed by atoms with E-state index in [-0.39, 0.29) is 5.56 Å². The van der Waals surface area contributed by atoms with Crippen LogP contribution in [0.2, 0.25) is 0 Å². The smallest absolute Gasteiger partial charge is 0.267 e. The number of aromatic amines is 2. The molecule has 3 nitrogen and oxygen atoms in total. The predicted molar refractivity (Wildman–Crippen MR) is 58.0 cm³/mol. The Morgan fingerprint density at radius 1 is 1.36 bits per heavy atom. The zero-order valence-electron chi connectivity index (χ0n) is 8.18. The van der Waals surface area contributed by atoms with Crippen LogP contribution in [0, 0.1) is 13.8 Å². The van der Waals surface area contributed by atoms with Gasteiger partial charge >= 0.3 is 0 Å². The molecule has 0 bridgehead atoms. The maximum absolute atomic E-state index is 11.4. The van der Waals surface area contributed by atoms with E-state index in [1.807, 2.05) is 6.92 Å². The van der Waals surface area contributed by atoms with Crippen molar-refractivity contribution in [2.45, 2.75) is 20.3 Å². The van der Waals surface area contributed by atoms with Crippen LogP contribution in [0.25, 0.3) is 0 Å². The minimum atomic E-state index is -0.00597. The highest BCUT2D eigenvalue weighted by atomic mass is 32.1. The third kappa shape index (κ3) is 1.65. The highest BCUT2D eigenvalue weighted by Gasteiger charge is 2.07. The first-order chi connectivity index (χ1) is 6.66. The van der Waals surface area contributed by atoms with Crippen molar-refractivity contribution in [3.63, 3.8) is 0 Å². The molecule has 2 rings (SSSR count). The molecule has 0 saturated carbocycles. The molecule has 0 unspecified atom stereocenters. The summed E-state index contributed by atoms with van der Waals surface area (Å²) in [7, 11) is 0. The van der Waals surface area contributed by atoms with Crippen molar-refractivity contribution < 1.29 is 0 Å². The molecule has 2 N–H and O–H groups in total. The SMILES string of the molecule is Cc1csc(Cc2c(C)[nH][nH]c2=O)c1. The van der Waals surface area contributed by atoms with Crippen LogP contribution in [0.4, 0.5) is 0 Å². The van der Waals surface area contributed by atoms with Gasteiger partial charge in [0, 0.05) is 22.6 Å². The van der Waals surface area contributed by atoms with Crippen molar-refractivity contribution in [2.75, 3.05) is 0 Å². The van der Waals surface area contributed by atoms with E-state index in [0.717, 1.165) is 17.7 Å². The average Bonchev–Trinajstić information content (AvgIpc) is 2.67. The molecular weight excluding hydrogens is 196 g/mol. The van der Waals surface area contributed by atoms with Gasteiger partial charge < -0.3 is 5.10 Å². The van der Waals surface area contributed by atoms with Gasteiger partial charge in [-0.05, 0) is 30.9 Å². The summed E-state index contributed by atoms with van der Waals surface area (Å²) in [6.45, 7) is 3.97. The first-order valence-corrected chi connectivity index (χ1v) is 5.35. The lowest BCUT2D eigenvalue weighted by atomic mass is 10.1. The largest absolute Gasteiger partial charge is 0.302 e. The Balaban J connectivity index is 2.31. The van der Waals surface area contributed by atoms with E-state index in [0.29, 0.717) is 0 Å². The van der Waals surface area contributed by atoms with E-state index in [9.17, 15) is 4.79 Å². The summed E-state index contributed by atoms with van der Waals surface area (Å²) in [4.78, 5) is 12.6. The monoisotopic (exact) mass is 208 g/mol. The van der Waals surface area contributed by atoms with Crippen LogP contribution in [0.1, 0.15) is 21.7 Å². The maximum Gasteiger partial charge on any atom is 0.267 e. The van der Waals surface area contributed by atoms with Crippen molar-refractivity contribution in [3.05, 3.63) is 43.5 Å². The lowest BCUT2D eigenvalue weighted by Crippen LogP contribution is -2.06. The normalized spacial score (nSPS) is 10.7. The minimum Gasteiger partial charge on any atom is -0.302 e. The Hall–Kier alpha value is -1.29. The fourth-order valence-corrected chi connectivity index (χ4v) is 2.33. The van der Waals surface area contributed by atoms with Gasteiger partial charge in [0.05, 0.1) is 0 Å². The third-order valence-electron chi connectivity index (χ3n) is 2.23. The Morgan fingerprint density at radius 3 is 2.64 bits per heavy atom. The van der Waals surface area contributed by atoms with Gasteiger partial charge in [0.2, 0.25) is 0 Å². The van der Waals surface area contributed by atoms with Crippen molar-refractivity contribution in [3.8, 4) is 0 Å². The molecular formula is C10H12N2OS. The average molecular weight is 208 g/mol. The van der Waals surface area contributed by atoms with E-state index in [1.165, 1.54) is 10.4 Å². The molecule has 0 saturated heterocycles. The van der Waals surface area contributed by atoms with Crippen LogP contribution >= 0.6 is 11.3 Å². The van der Waals surface area contributed by atoms with Crippen molar-refractivity contribution in [1.29, 1.82) is 0 Å². The highest BCUT2D eigenvalue weighted by molar-refractivity contribution is 7.10. The summed E-state index contributed by atoms with van der Waals surface area (Å²) in [6.07, 6.45) is 0.725. The van der Waals surface area contributed by atoms with Gasteiger partial charge in [0.25, 0.3) is 5.56 Å². The molecule has 0 radical (unpaired) electrons. The van der Waals surface area contributed by atoms with Crippen LogP contribution in [0.15, 0.2) is 16.2 Å². The van der Waals surface area contributed by atoms with Crippen molar-refractivity contribution >= 4 is 11.3 Å². The summed E-state index contributed by atoms with van der Waals surface area (Å²) in [5, 5.41) is 7.52. The Morgan fingerprint density at radius 2 is 2.14 bits per heavy atom. The van der Waals surface area contributed by atoms with E-state index in [1.54, 1.807) is 11.3 Å². The maximum atomic E-state index is 11.4. The predicted octanol–water partition coefficient (Wildman–Crippen LogP) is 1.97. The molecule has 0 aliphatic carbocycles. The van der Waals surface area contributed by atoms with E-state index >= 15 is 0 Å². The molecule has 14 heavy (non-hydrogen) atoms. The van der Waals surface area contributed by atoms with E-state index in [4.69, 9.17) is 0 Å². The van der Waals surface area contributed by atoms with E-state index < -0.39 is 0 Å². The molecule has 0 aliphatic rings. The number of hydrogen-bond donors (Lipinski definition) is 2. The molecule has 4 heteroatoms. The second kappa shape index (κ2) is 3.46. The fourth-order valence-electron chi connectivity index (χ4n) is 1.44.